The lowest BCUT2D eigenvalue weighted by Crippen LogP contribution is -2.48. The summed E-state index contributed by atoms with van der Waals surface area (Å²) in [5.41, 5.74) is 3.81. The van der Waals surface area contributed by atoms with E-state index >= 15 is 0 Å². The molecule has 0 bridgehead atoms. The maximum Gasteiger partial charge on any atom is 0.255 e. The summed E-state index contributed by atoms with van der Waals surface area (Å²) in [5.74, 6) is -0.184. The highest BCUT2D eigenvalue weighted by Gasteiger charge is 2.43. The van der Waals surface area contributed by atoms with Gasteiger partial charge in [0.1, 0.15) is 6.04 Å². The molecule has 166 valence electrons. The van der Waals surface area contributed by atoms with Gasteiger partial charge in [-0.05, 0) is 50.6 Å². The molecule has 2 aromatic carbocycles. The molecule has 32 heavy (non-hydrogen) atoms. The molecular formula is C26H30N4O2. The zero-order chi connectivity index (χ0) is 22.2. The first-order valence-corrected chi connectivity index (χ1v) is 11.5. The van der Waals surface area contributed by atoms with Crippen molar-refractivity contribution in [3.63, 3.8) is 0 Å². The van der Waals surface area contributed by atoms with Crippen molar-refractivity contribution in [2.45, 2.75) is 31.8 Å². The molecule has 2 aliphatic rings. The number of aromatic nitrogens is 1. The lowest BCUT2D eigenvalue weighted by molar-refractivity contribution is -0.125. The van der Waals surface area contributed by atoms with Crippen LogP contribution in [0.1, 0.15) is 47.3 Å². The fraction of sp³-hybridized carbons (Fsp3) is 0.385. The number of benzene rings is 2. The van der Waals surface area contributed by atoms with Gasteiger partial charge in [-0.25, -0.2) is 0 Å². The molecule has 0 radical (unpaired) electrons. The van der Waals surface area contributed by atoms with Crippen molar-refractivity contribution < 1.29 is 9.59 Å². The number of nitrogens with zero attached hydrogens (tertiary/aromatic N) is 3. The molecule has 3 aromatic rings. The van der Waals surface area contributed by atoms with Gasteiger partial charge in [-0.15, -0.1) is 0 Å². The van der Waals surface area contributed by atoms with E-state index in [1.54, 1.807) is 4.90 Å². The highest BCUT2D eigenvalue weighted by Crippen LogP contribution is 2.42. The first kappa shape index (κ1) is 20.8. The summed E-state index contributed by atoms with van der Waals surface area (Å²) < 4.78 is 2.09. The Kier molecular flexibility index (Phi) is 5.47. The van der Waals surface area contributed by atoms with E-state index in [1.165, 1.54) is 12.8 Å². The van der Waals surface area contributed by atoms with Crippen LogP contribution in [0, 0.1) is 0 Å². The van der Waals surface area contributed by atoms with E-state index in [9.17, 15) is 9.59 Å². The molecule has 1 saturated heterocycles. The average molecular weight is 431 g/mol. The number of likely N-dealkylation sites (tertiary alicyclic amines) is 1. The van der Waals surface area contributed by atoms with Crippen LogP contribution in [0.15, 0.2) is 54.7 Å². The number of hydrogen-bond acceptors (Lipinski definition) is 3. The second-order valence-electron chi connectivity index (χ2n) is 8.93. The SMILES string of the molecule is C[C@H](C(=O)NCCN1CCCC1)N1C(=O)c2ccccc2[C@@H]1c1cn(C)c2ccccc12. The van der Waals surface area contributed by atoms with Gasteiger partial charge in [0.05, 0.1) is 6.04 Å². The van der Waals surface area contributed by atoms with E-state index < -0.39 is 6.04 Å². The van der Waals surface area contributed by atoms with Gasteiger partial charge in [-0.3, -0.25) is 9.59 Å². The number of fused-ring (bicyclic) bond motifs is 2. The Morgan fingerprint density at radius 3 is 2.59 bits per heavy atom. The fourth-order valence-corrected chi connectivity index (χ4v) is 5.26. The Morgan fingerprint density at radius 1 is 1.06 bits per heavy atom. The first-order chi connectivity index (χ1) is 15.6. The maximum atomic E-state index is 13.5. The molecule has 2 aliphatic heterocycles. The van der Waals surface area contributed by atoms with Crippen LogP contribution in [0.25, 0.3) is 10.9 Å². The third-order valence-corrected chi connectivity index (χ3v) is 6.94. The summed E-state index contributed by atoms with van der Waals surface area (Å²) in [6, 6.07) is 15.1. The van der Waals surface area contributed by atoms with Crippen molar-refractivity contribution in [3.05, 3.63) is 71.4 Å². The van der Waals surface area contributed by atoms with Crippen molar-refractivity contribution in [2.75, 3.05) is 26.2 Å². The van der Waals surface area contributed by atoms with E-state index in [0.717, 1.165) is 41.7 Å². The van der Waals surface area contributed by atoms with Gasteiger partial charge >= 0.3 is 0 Å². The first-order valence-electron chi connectivity index (χ1n) is 11.5. The summed E-state index contributed by atoms with van der Waals surface area (Å²) in [6.45, 7) is 5.52. The van der Waals surface area contributed by atoms with Crippen LogP contribution in [0.2, 0.25) is 0 Å². The number of carbonyl (C=O) groups is 2. The summed E-state index contributed by atoms with van der Waals surface area (Å²) >= 11 is 0. The van der Waals surface area contributed by atoms with Crippen LogP contribution >= 0.6 is 0 Å². The number of amides is 2. The second kappa shape index (κ2) is 8.43. The molecule has 2 atom stereocenters. The Bertz CT molecular complexity index is 1160. The quantitative estimate of drug-likeness (QED) is 0.653. The highest BCUT2D eigenvalue weighted by atomic mass is 16.2. The Morgan fingerprint density at radius 2 is 1.78 bits per heavy atom. The van der Waals surface area contributed by atoms with Gasteiger partial charge in [0.2, 0.25) is 5.91 Å². The van der Waals surface area contributed by atoms with Crippen LogP contribution < -0.4 is 5.32 Å². The van der Waals surface area contributed by atoms with Gasteiger partial charge in [0.15, 0.2) is 0 Å². The monoisotopic (exact) mass is 430 g/mol. The third kappa shape index (κ3) is 3.48. The number of nitrogens with one attached hydrogen (secondary N) is 1. The molecule has 0 spiro atoms. The third-order valence-electron chi connectivity index (χ3n) is 6.94. The maximum absolute atomic E-state index is 13.5. The number of rotatable bonds is 6. The Balaban J connectivity index is 1.46. The number of hydrogen-bond donors (Lipinski definition) is 1. The molecule has 6 heteroatoms. The van der Waals surface area contributed by atoms with Gasteiger partial charge in [-0.1, -0.05) is 36.4 Å². The Hall–Kier alpha value is -3.12. The Labute approximate surface area is 188 Å². The van der Waals surface area contributed by atoms with Crippen molar-refractivity contribution >= 4 is 22.7 Å². The lowest BCUT2D eigenvalue weighted by atomic mass is 9.97. The van der Waals surface area contributed by atoms with Gasteiger partial charge in [-0.2, -0.15) is 0 Å². The van der Waals surface area contributed by atoms with E-state index in [4.69, 9.17) is 0 Å². The standard InChI is InChI=1S/C26H30N4O2/c1-18(25(31)27-13-16-29-14-7-8-15-29)30-24(20-10-3-4-11-21(20)26(30)32)22-17-28(2)23-12-6-5-9-19(22)23/h3-6,9-12,17-18,24H,7-8,13-16H2,1-2H3,(H,27,31)/t18-,24-/m1/s1. The van der Waals surface area contributed by atoms with E-state index in [2.05, 4.69) is 33.1 Å². The minimum absolute atomic E-state index is 0.0827. The van der Waals surface area contributed by atoms with Crippen LogP contribution in [0.4, 0.5) is 0 Å². The summed E-state index contributed by atoms with van der Waals surface area (Å²) in [7, 11) is 2.02. The molecular weight excluding hydrogens is 400 g/mol. The zero-order valence-electron chi connectivity index (χ0n) is 18.8. The smallest absolute Gasteiger partial charge is 0.255 e. The molecule has 2 amide bonds. The number of para-hydroxylation sites is 1. The topological polar surface area (TPSA) is 57.6 Å². The summed E-state index contributed by atoms with van der Waals surface area (Å²) in [4.78, 5) is 30.7. The molecule has 0 saturated carbocycles. The minimum atomic E-state index is -0.572. The molecule has 1 aromatic heterocycles. The van der Waals surface area contributed by atoms with Gasteiger partial charge < -0.3 is 19.7 Å². The zero-order valence-corrected chi connectivity index (χ0v) is 18.8. The van der Waals surface area contributed by atoms with Crippen molar-refractivity contribution in [3.8, 4) is 0 Å². The summed E-state index contributed by atoms with van der Waals surface area (Å²) in [6.07, 6.45) is 4.56. The van der Waals surface area contributed by atoms with Crippen molar-refractivity contribution in [1.82, 2.24) is 19.7 Å². The molecule has 3 heterocycles. The van der Waals surface area contributed by atoms with E-state index in [1.807, 2.05) is 50.4 Å². The highest BCUT2D eigenvalue weighted by molar-refractivity contribution is 6.03. The lowest BCUT2D eigenvalue weighted by Gasteiger charge is -2.31. The van der Waals surface area contributed by atoms with Gasteiger partial charge in [0, 0.05) is 48.4 Å². The van der Waals surface area contributed by atoms with Gasteiger partial charge in [0.25, 0.3) is 5.91 Å². The fourth-order valence-electron chi connectivity index (χ4n) is 5.26. The molecule has 1 N–H and O–H groups in total. The van der Waals surface area contributed by atoms with Crippen molar-refractivity contribution in [1.29, 1.82) is 0 Å². The predicted molar refractivity (Wildman–Crippen MR) is 126 cm³/mol. The van der Waals surface area contributed by atoms with Crippen LogP contribution in [-0.2, 0) is 11.8 Å². The predicted octanol–water partition coefficient (Wildman–Crippen LogP) is 3.32. The minimum Gasteiger partial charge on any atom is -0.353 e. The summed E-state index contributed by atoms with van der Waals surface area (Å²) in [5, 5.41) is 4.18. The molecule has 5 rings (SSSR count). The number of aryl methyl sites for hydroxylation is 1. The van der Waals surface area contributed by atoms with Crippen molar-refractivity contribution in [2.24, 2.45) is 7.05 Å². The van der Waals surface area contributed by atoms with Crippen LogP contribution in [-0.4, -0.2) is 58.4 Å². The largest absolute Gasteiger partial charge is 0.353 e. The molecule has 0 aliphatic carbocycles. The van der Waals surface area contributed by atoms with E-state index in [-0.39, 0.29) is 17.9 Å². The molecule has 6 nitrogen and oxygen atoms in total. The van der Waals surface area contributed by atoms with Crippen LogP contribution in [0.3, 0.4) is 0 Å². The number of carbonyl (C=O) groups excluding carboxylic acids is 2. The van der Waals surface area contributed by atoms with E-state index in [0.29, 0.717) is 12.1 Å². The van der Waals surface area contributed by atoms with Crippen LogP contribution in [0.5, 0.6) is 0 Å². The average Bonchev–Trinajstić information content (AvgIpc) is 3.51. The molecule has 0 unspecified atom stereocenters. The normalized spacial score (nSPS) is 19.5. The second-order valence-corrected chi connectivity index (χ2v) is 8.93. The molecule has 1 fully saturated rings.